The van der Waals surface area contributed by atoms with Gasteiger partial charge in [-0.3, -0.25) is 0 Å². The average Bonchev–Trinajstić information content (AvgIpc) is 2.30. The summed E-state index contributed by atoms with van der Waals surface area (Å²) in [6.45, 7) is 1.39. The molecule has 17 heavy (non-hydrogen) atoms. The van der Waals surface area contributed by atoms with Crippen LogP contribution in [0.1, 0.15) is 12.5 Å². The lowest BCUT2D eigenvalue weighted by Gasteiger charge is -2.09. The van der Waals surface area contributed by atoms with E-state index in [1.54, 1.807) is 0 Å². The number of aliphatic carboxylic acids is 1. The third-order valence-electron chi connectivity index (χ3n) is 2.21. The average molecular weight is 240 g/mol. The Labute approximate surface area is 98.3 Å². The van der Waals surface area contributed by atoms with Gasteiger partial charge < -0.3 is 14.6 Å². The van der Waals surface area contributed by atoms with Gasteiger partial charge in [-0.1, -0.05) is 0 Å². The number of methoxy groups -OCH3 is 2. The monoisotopic (exact) mass is 240 g/mol. The molecule has 4 nitrogen and oxygen atoms in total. The van der Waals surface area contributed by atoms with Crippen LogP contribution in [0.25, 0.3) is 6.08 Å². The number of carbonyl (C=O) groups is 1. The highest BCUT2D eigenvalue weighted by Crippen LogP contribution is 2.30. The topological polar surface area (TPSA) is 55.8 Å². The molecule has 0 atom stereocenters. The Kier molecular flexibility index (Phi) is 4.09. The van der Waals surface area contributed by atoms with E-state index in [-0.39, 0.29) is 16.9 Å². The van der Waals surface area contributed by atoms with Crippen LogP contribution in [0.15, 0.2) is 17.7 Å². The van der Waals surface area contributed by atoms with Crippen LogP contribution >= 0.6 is 0 Å². The van der Waals surface area contributed by atoms with E-state index in [0.29, 0.717) is 5.75 Å². The van der Waals surface area contributed by atoms with Crippen molar-refractivity contribution in [2.75, 3.05) is 14.2 Å². The first kappa shape index (κ1) is 13.0. The molecule has 0 saturated heterocycles. The molecule has 1 N–H and O–H groups in total. The van der Waals surface area contributed by atoms with Crippen LogP contribution in [-0.4, -0.2) is 25.3 Å². The number of rotatable bonds is 4. The summed E-state index contributed by atoms with van der Waals surface area (Å²) in [5, 5.41) is 8.71. The van der Waals surface area contributed by atoms with E-state index in [4.69, 9.17) is 14.6 Å². The first-order valence-corrected chi connectivity index (χ1v) is 4.82. The number of hydrogen-bond donors (Lipinski definition) is 1. The van der Waals surface area contributed by atoms with E-state index in [1.165, 1.54) is 33.3 Å². The van der Waals surface area contributed by atoms with Gasteiger partial charge in [0.2, 0.25) is 0 Å². The van der Waals surface area contributed by atoms with Crippen LogP contribution in [0, 0.1) is 5.82 Å². The van der Waals surface area contributed by atoms with Crippen molar-refractivity contribution in [3.63, 3.8) is 0 Å². The number of hydrogen-bond acceptors (Lipinski definition) is 3. The van der Waals surface area contributed by atoms with Gasteiger partial charge in [-0.15, -0.1) is 0 Å². The second-order valence-corrected chi connectivity index (χ2v) is 3.36. The Morgan fingerprint density at radius 3 is 2.29 bits per heavy atom. The summed E-state index contributed by atoms with van der Waals surface area (Å²) < 4.78 is 23.5. The second kappa shape index (κ2) is 5.34. The summed E-state index contributed by atoms with van der Waals surface area (Å²) in [6.07, 6.45) is 1.24. The quantitative estimate of drug-likeness (QED) is 0.820. The van der Waals surface area contributed by atoms with E-state index < -0.39 is 11.8 Å². The van der Waals surface area contributed by atoms with Crippen molar-refractivity contribution in [3.8, 4) is 11.5 Å². The number of carboxylic acids is 1. The molecule has 1 aromatic carbocycles. The lowest BCUT2D eigenvalue weighted by Crippen LogP contribution is -1.97. The van der Waals surface area contributed by atoms with Crippen LogP contribution in [0.5, 0.6) is 11.5 Å². The summed E-state index contributed by atoms with van der Waals surface area (Å²) >= 11 is 0. The molecule has 0 amide bonds. The Morgan fingerprint density at radius 2 is 1.82 bits per heavy atom. The van der Waals surface area contributed by atoms with E-state index in [0.717, 1.165) is 6.07 Å². The Balaban J connectivity index is 3.26. The molecule has 0 aromatic heterocycles. The van der Waals surface area contributed by atoms with Crippen molar-refractivity contribution >= 4 is 12.0 Å². The Hall–Kier alpha value is -2.04. The predicted molar refractivity (Wildman–Crippen MR) is 60.8 cm³/mol. The lowest BCUT2D eigenvalue weighted by molar-refractivity contribution is -0.132. The molecule has 0 aliphatic carbocycles. The third-order valence-corrected chi connectivity index (χ3v) is 2.21. The van der Waals surface area contributed by atoms with Crippen molar-refractivity contribution in [2.45, 2.75) is 6.92 Å². The zero-order valence-electron chi connectivity index (χ0n) is 9.78. The van der Waals surface area contributed by atoms with Gasteiger partial charge in [0, 0.05) is 17.2 Å². The lowest BCUT2D eigenvalue weighted by atomic mass is 10.1. The maximum absolute atomic E-state index is 13.6. The van der Waals surface area contributed by atoms with Crippen molar-refractivity contribution in [2.24, 2.45) is 0 Å². The normalized spacial score (nSPS) is 11.2. The van der Waals surface area contributed by atoms with Gasteiger partial charge in [0.25, 0.3) is 0 Å². The summed E-state index contributed by atoms with van der Waals surface area (Å²) in [7, 11) is 2.82. The number of ether oxygens (including phenoxy) is 2. The minimum absolute atomic E-state index is 0.0381. The van der Waals surface area contributed by atoms with Crippen LogP contribution < -0.4 is 9.47 Å². The largest absolute Gasteiger partial charge is 0.493 e. The zero-order valence-corrected chi connectivity index (χ0v) is 9.78. The van der Waals surface area contributed by atoms with Crippen LogP contribution in [0.4, 0.5) is 4.39 Å². The summed E-state index contributed by atoms with van der Waals surface area (Å²) in [5.41, 5.74) is 0.179. The van der Waals surface area contributed by atoms with Crippen LogP contribution in [-0.2, 0) is 4.79 Å². The van der Waals surface area contributed by atoms with Gasteiger partial charge in [-0.25, -0.2) is 9.18 Å². The van der Waals surface area contributed by atoms with Crippen LogP contribution in [0.2, 0.25) is 0 Å². The number of benzene rings is 1. The standard InChI is InChI=1S/C12H13FO4/c1-7(12(14)15)4-8-5-10(16-2)11(17-3)6-9(8)13/h4-6H,1-3H3,(H,14,15)/b7-4+. The molecule has 5 heteroatoms. The summed E-state index contributed by atoms with van der Waals surface area (Å²) in [4.78, 5) is 10.6. The molecule has 1 aromatic rings. The van der Waals surface area contributed by atoms with Crippen LogP contribution in [0.3, 0.4) is 0 Å². The molecule has 92 valence electrons. The zero-order chi connectivity index (χ0) is 13.0. The fraction of sp³-hybridized carbons (Fsp3) is 0.250. The fourth-order valence-corrected chi connectivity index (χ4v) is 1.28. The van der Waals surface area contributed by atoms with Crippen molar-refractivity contribution in [1.82, 2.24) is 0 Å². The van der Waals surface area contributed by atoms with Gasteiger partial charge in [-0.05, 0) is 19.1 Å². The highest BCUT2D eigenvalue weighted by atomic mass is 19.1. The molecule has 0 radical (unpaired) electrons. The first-order chi connectivity index (χ1) is 7.99. The van der Waals surface area contributed by atoms with Gasteiger partial charge in [0.15, 0.2) is 11.5 Å². The van der Waals surface area contributed by atoms with Gasteiger partial charge >= 0.3 is 5.97 Å². The fourth-order valence-electron chi connectivity index (χ4n) is 1.28. The SMILES string of the molecule is COc1cc(F)c(/C=C(\C)C(=O)O)cc1OC. The predicted octanol–water partition coefficient (Wildman–Crippen LogP) is 2.33. The van der Waals surface area contributed by atoms with Crippen molar-refractivity contribution in [3.05, 3.63) is 29.1 Å². The first-order valence-electron chi connectivity index (χ1n) is 4.82. The maximum Gasteiger partial charge on any atom is 0.331 e. The van der Waals surface area contributed by atoms with E-state index in [2.05, 4.69) is 0 Å². The third kappa shape index (κ3) is 2.96. The molecular formula is C12H13FO4. The van der Waals surface area contributed by atoms with Gasteiger partial charge in [0.05, 0.1) is 14.2 Å². The van der Waals surface area contributed by atoms with Gasteiger partial charge in [0.1, 0.15) is 5.82 Å². The summed E-state index contributed by atoms with van der Waals surface area (Å²) in [5.74, 6) is -1.06. The number of halogens is 1. The molecule has 0 aliphatic heterocycles. The molecule has 0 unspecified atom stereocenters. The molecule has 0 saturated carbocycles. The molecular weight excluding hydrogens is 227 g/mol. The molecule has 0 aliphatic rings. The molecule has 0 fully saturated rings. The minimum atomic E-state index is -1.10. The maximum atomic E-state index is 13.6. The highest BCUT2D eigenvalue weighted by Gasteiger charge is 2.11. The molecule has 0 heterocycles. The van der Waals surface area contributed by atoms with E-state index >= 15 is 0 Å². The molecule has 0 spiro atoms. The molecule has 0 bridgehead atoms. The second-order valence-electron chi connectivity index (χ2n) is 3.36. The smallest absolute Gasteiger partial charge is 0.331 e. The minimum Gasteiger partial charge on any atom is -0.493 e. The van der Waals surface area contributed by atoms with Crippen molar-refractivity contribution in [1.29, 1.82) is 0 Å². The van der Waals surface area contributed by atoms with Crippen molar-refractivity contribution < 1.29 is 23.8 Å². The number of carboxylic acid groups (broad SMARTS) is 1. The van der Waals surface area contributed by atoms with E-state index in [9.17, 15) is 9.18 Å². The highest BCUT2D eigenvalue weighted by molar-refractivity contribution is 5.91. The molecule has 1 rings (SSSR count). The Bertz CT molecular complexity index is 466. The Morgan fingerprint density at radius 1 is 1.29 bits per heavy atom. The summed E-state index contributed by atoms with van der Waals surface area (Å²) in [6, 6.07) is 2.54. The van der Waals surface area contributed by atoms with E-state index in [1.807, 2.05) is 0 Å². The van der Waals surface area contributed by atoms with Gasteiger partial charge in [-0.2, -0.15) is 0 Å².